The van der Waals surface area contributed by atoms with Gasteiger partial charge in [0.05, 0.1) is 24.5 Å². The van der Waals surface area contributed by atoms with Gasteiger partial charge in [-0.05, 0) is 43.3 Å². The van der Waals surface area contributed by atoms with E-state index in [-0.39, 0.29) is 23.8 Å². The summed E-state index contributed by atoms with van der Waals surface area (Å²) in [5.74, 6) is -0.291. The highest BCUT2D eigenvalue weighted by Gasteiger charge is 2.15. The molecule has 36 heavy (non-hydrogen) atoms. The van der Waals surface area contributed by atoms with Crippen molar-refractivity contribution in [2.24, 2.45) is 0 Å². The van der Waals surface area contributed by atoms with Gasteiger partial charge in [0.25, 0.3) is 5.91 Å². The quantitative estimate of drug-likeness (QED) is 0.403. The number of aromatic nitrogens is 3. The van der Waals surface area contributed by atoms with Crippen molar-refractivity contribution in [3.8, 4) is 0 Å². The number of thioether (sulfide) groups is 1. The third kappa shape index (κ3) is 6.61. The Morgan fingerprint density at radius 1 is 1.08 bits per heavy atom. The summed E-state index contributed by atoms with van der Waals surface area (Å²) in [4.78, 5) is 26.9. The number of rotatable bonds is 10. The highest BCUT2D eigenvalue weighted by Crippen LogP contribution is 2.21. The molecule has 3 aromatic rings. The summed E-state index contributed by atoms with van der Waals surface area (Å²) >= 11 is 1.30. The molecular formula is C25H29FN6O3S. The van der Waals surface area contributed by atoms with Crippen LogP contribution in [0.5, 0.6) is 0 Å². The van der Waals surface area contributed by atoms with Crippen molar-refractivity contribution in [2.45, 2.75) is 25.0 Å². The summed E-state index contributed by atoms with van der Waals surface area (Å²) in [5.41, 5.74) is 1.85. The topological polar surface area (TPSA) is 101 Å². The molecule has 1 aromatic heterocycles. The lowest BCUT2D eigenvalue weighted by Gasteiger charge is -2.28. The van der Waals surface area contributed by atoms with E-state index in [0.717, 1.165) is 37.7 Å². The lowest BCUT2D eigenvalue weighted by Crippen LogP contribution is -2.36. The Labute approximate surface area is 213 Å². The first kappa shape index (κ1) is 25.6. The first-order valence-electron chi connectivity index (χ1n) is 11.9. The van der Waals surface area contributed by atoms with Crippen LogP contribution < -0.4 is 15.5 Å². The van der Waals surface area contributed by atoms with Gasteiger partial charge < -0.3 is 24.8 Å². The number of anilines is 2. The van der Waals surface area contributed by atoms with Crippen molar-refractivity contribution in [3.05, 3.63) is 65.7 Å². The van der Waals surface area contributed by atoms with Crippen molar-refractivity contribution in [1.82, 2.24) is 20.1 Å². The minimum Gasteiger partial charge on any atom is -0.378 e. The first-order valence-corrected chi connectivity index (χ1v) is 12.8. The normalized spacial score (nSPS) is 13.4. The van der Waals surface area contributed by atoms with E-state index in [1.54, 1.807) is 6.07 Å². The molecule has 0 atom stereocenters. The zero-order chi connectivity index (χ0) is 25.3. The number of amides is 2. The molecule has 9 nitrogen and oxygen atoms in total. The summed E-state index contributed by atoms with van der Waals surface area (Å²) in [5, 5.41) is 14.7. The Kier molecular flexibility index (Phi) is 8.90. The van der Waals surface area contributed by atoms with E-state index in [1.807, 2.05) is 35.8 Å². The maximum absolute atomic E-state index is 13.8. The van der Waals surface area contributed by atoms with Crippen LogP contribution in [-0.2, 0) is 22.5 Å². The van der Waals surface area contributed by atoms with Crippen LogP contribution in [0.25, 0.3) is 0 Å². The molecule has 1 fully saturated rings. The van der Waals surface area contributed by atoms with E-state index in [4.69, 9.17) is 4.74 Å². The fourth-order valence-corrected chi connectivity index (χ4v) is 4.68. The number of halogens is 1. The molecule has 2 amide bonds. The van der Waals surface area contributed by atoms with E-state index < -0.39 is 11.7 Å². The van der Waals surface area contributed by atoms with Gasteiger partial charge >= 0.3 is 0 Å². The third-order valence-electron chi connectivity index (χ3n) is 5.72. The van der Waals surface area contributed by atoms with Gasteiger partial charge in [-0.1, -0.05) is 23.9 Å². The number of ether oxygens (including phenoxy) is 1. The largest absolute Gasteiger partial charge is 0.378 e. The van der Waals surface area contributed by atoms with E-state index in [0.29, 0.717) is 23.9 Å². The zero-order valence-corrected chi connectivity index (χ0v) is 20.9. The van der Waals surface area contributed by atoms with Gasteiger partial charge in [-0.25, -0.2) is 4.39 Å². The smallest absolute Gasteiger partial charge is 0.254 e. The van der Waals surface area contributed by atoms with Crippen LogP contribution in [0.4, 0.5) is 15.8 Å². The lowest BCUT2D eigenvalue weighted by atomic mass is 10.2. The van der Waals surface area contributed by atoms with Crippen LogP contribution in [0.3, 0.4) is 0 Å². The van der Waals surface area contributed by atoms with Gasteiger partial charge in [0, 0.05) is 44.0 Å². The van der Waals surface area contributed by atoms with Crippen molar-refractivity contribution in [3.63, 3.8) is 0 Å². The minimum atomic E-state index is -0.559. The van der Waals surface area contributed by atoms with Crippen molar-refractivity contribution in [1.29, 1.82) is 0 Å². The zero-order valence-electron chi connectivity index (χ0n) is 20.1. The maximum Gasteiger partial charge on any atom is 0.254 e. The number of nitrogens with zero attached hydrogens (tertiary/aromatic N) is 4. The Bertz CT molecular complexity index is 1180. The minimum absolute atomic E-state index is 0.00690. The molecular weight excluding hydrogens is 483 g/mol. The monoisotopic (exact) mass is 512 g/mol. The predicted molar refractivity (Wildman–Crippen MR) is 137 cm³/mol. The highest BCUT2D eigenvalue weighted by molar-refractivity contribution is 7.99. The van der Waals surface area contributed by atoms with Crippen LogP contribution in [0.1, 0.15) is 23.1 Å². The number of carbonyl (C=O) groups is 2. The molecule has 1 saturated heterocycles. The lowest BCUT2D eigenvalue weighted by molar-refractivity contribution is -0.113. The fourth-order valence-electron chi connectivity index (χ4n) is 3.86. The van der Waals surface area contributed by atoms with E-state index >= 15 is 0 Å². The summed E-state index contributed by atoms with van der Waals surface area (Å²) in [6.07, 6.45) is 0.434. The average molecular weight is 513 g/mol. The Morgan fingerprint density at radius 3 is 2.56 bits per heavy atom. The maximum atomic E-state index is 13.8. The number of benzene rings is 2. The molecule has 190 valence electrons. The van der Waals surface area contributed by atoms with E-state index in [1.165, 1.54) is 30.0 Å². The summed E-state index contributed by atoms with van der Waals surface area (Å²) < 4.78 is 21.1. The molecule has 4 rings (SSSR count). The number of morpholine rings is 1. The summed E-state index contributed by atoms with van der Waals surface area (Å²) in [6, 6.07) is 13.6. The fraction of sp³-hybridized carbons (Fsp3) is 0.360. The predicted octanol–water partition coefficient (Wildman–Crippen LogP) is 2.98. The second kappa shape index (κ2) is 12.5. The molecule has 0 radical (unpaired) electrons. The SMILES string of the molecule is CCn1c(CCNC(=O)c2ccccc2F)nnc1SCC(=O)Nc1ccc(N2CCOCC2)cc1. The third-order valence-corrected chi connectivity index (χ3v) is 6.69. The van der Waals surface area contributed by atoms with Gasteiger partial charge in [-0.15, -0.1) is 10.2 Å². The van der Waals surface area contributed by atoms with Crippen LogP contribution >= 0.6 is 11.8 Å². The van der Waals surface area contributed by atoms with Gasteiger partial charge in [0.15, 0.2) is 5.16 Å². The molecule has 2 aromatic carbocycles. The molecule has 0 unspecified atom stereocenters. The highest BCUT2D eigenvalue weighted by atomic mass is 32.2. The van der Waals surface area contributed by atoms with Gasteiger partial charge in [-0.3, -0.25) is 9.59 Å². The summed E-state index contributed by atoms with van der Waals surface area (Å²) in [6.45, 7) is 6.05. The summed E-state index contributed by atoms with van der Waals surface area (Å²) in [7, 11) is 0. The molecule has 0 bridgehead atoms. The van der Waals surface area contributed by atoms with Gasteiger partial charge in [0.2, 0.25) is 5.91 Å². The van der Waals surface area contributed by atoms with E-state index in [9.17, 15) is 14.0 Å². The second-order valence-corrected chi connectivity index (χ2v) is 9.05. The number of carbonyl (C=O) groups excluding carboxylic acids is 2. The molecule has 0 aliphatic carbocycles. The molecule has 0 saturated carbocycles. The van der Waals surface area contributed by atoms with Crippen LogP contribution in [0.15, 0.2) is 53.7 Å². The molecule has 2 N–H and O–H groups in total. The standard InChI is InChI=1S/C25H29FN6O3S/c1-2-32-22(11-12-27-24(34)20-5-3-4-6-21(20)26)29-30-25(32)36-17-23(33)28-18-7-9-19(10-8-18)31-13-15-35-16-14-31/h3-10H,2,11-17H2,1H3,(H,27,34)(H,28,33). The molecule has 11 heteroatoms. The molecule has 0 spiro atoms. The second-order valence-electron chi connectivity index (χ2n) is 8.11. The first-order chi connectivity index (χ1) is 17.5. The molecule has 1 aliphatic rings. The van der Waals surface area contributed by atoms with Crippen molar-refractivity contribution in [2.75, 3.05) is 48.8 Å². The van der Waals surface area contributed by atoms with Crippen LogP contribution in [0.2, 0.25) is 0 Å². The van der Waals surface area contributed by atoms with E-state index in [2.05, 4.69) is 25.7 Å². The Morgan fingerprint density at radius 2 is 1.83 bits per heavy atom. The van der Waals surface area contributed by atoms with Gasteiger partial charge in [-0.2, -0.15) is 0 Å². The molecule has 2 heterocycles. The number of hydrogen-bond donors (Lipinski definition) is 2. The van der Waals surface area contributed by atoms with Gasteiger partial charge in [0.1, 0.15) is 11.6 Å². The Balaban J connectivity index is 1.25. The average Bonchev–Trinajstić information content (AvgIpc) is 3.30. The molecule has 1 aliphatic heterocycles. The van der Waals surface area contributed by atoms with Crippen LogP contribution in [-0.4, -0.2) is 65.2 Å². The number of nitrogens with one attached hydrogen (secondary N) is 2. The Hall–Kier alpha value is -3.44. The van der Waals surface area contributed by atoms with Crippen molar-refractivity contribution < 1.29 is 18.7 Å². The van der Waals surface area contributed by atoms with Crippen LogP contribution in [0, 0.1) is 5.82 Å². The number of hydrogen-bond acceptors (Lipinski definition) is 7. The van der Waals surface area contributed by atoms with Crippen molar-refractivity contribution >= 4 is 35.0 Å².